The fraction of sp³-hybridized carbons (Fsp3) is 0.545. The van der Waals surface area contributed by atoms with Crippen LogP contribution in [0.2, 0.25) is 0 Å². The second-order valence-corrected chi connectivity index (χ2v) is 4.08. The van der Waals surface area contributed by atoms with Gasteiger partial charge in [-0.2, -0.15) is 0 Å². The van der Waals surface area contributed by atoms with Gasteiger partial charge in [0.25, 0.3) is 0 Å². The molecule has 1 heterocycles. The highest BCUT2D eigenvalue weighted by atomic mass is 15.1. The lowest BCUT2D eigenvalue weighted by Gasteiger charge is -2.33. The first kappa shape index (κ1) is 9.31. The number of hydrogen-bond donors (Lipinski definition) is 2. The number of anilines is 2. The molecule has 0 aliphatic heterocycles. The second kappa shape index (κ2) is 3.86. The van der Waals surface area contributed by atoms with Gasteiger partial charge in [-0.05, 0) is 30.9 Å². The number of rotatable bonds is 3. The largest absolute Gasteiger partial charge is 0.373 e. The fourth-order valence-electron chi connectivity index (χ4n) is 1.88. The minimum atomic E-state index is 0.629. The van der Waals surface area contributed by atoms with Crippen LogP contribution in [0.1, 0.15) is 19.8 Å². The van der Waals surface area contributed by atoms with Gasteiger partial charge in [-0.15, -0.1) is 0 Å². The van der Waals surface area contributed by atoms with E-state index in [0.717, 1.165) is 17.6 Å². The van der Waals surface area contributed by atoms with Crippen molar-refractivity contribution in [3.63, 3.8) is 0 Å². The van der Waals surface area contributed by atoms with Crippen LogP contribution < -0.4 is 10.6 Å². The molecule has 0 radical (unpaired) electrons. The van der Waals surface area contributed by atoms with Crippen LogP contribution in [-0.4, -0.2) is 18.1 Å². The van der Waals surface area contributed by atoms with Gasteiger partial charge >= 0.3 is 0 Å². The van der Waals surface area contributed by atoms with Gasteiger partial charge in [0, 0.05) is 13.1 Å². The molecule has 1 aromatic heterocycles. The molecule has 1 fully saturated rings. The molecule has 2 N–H and O–H groups in total. The Bertz CT molecular complexity index is 305. The molecular weight excluding hydrogens is 174 g/mol. The maximum absolute atomic E-state index is 4.42. The summed E-state index contributed by atoms with van der Waals surface area (Å²) < 4.78 is 0. The topological polar surface area (TPSA) is 37.0 Å². The van der Waals surface area contributed by atoms with Crippen molar-refractivity contribution in [1.29, 1.82) is 0 Å². The lowest BCUT2D eigenvalue weighted by atomic mass is 9.82. The molecule has 3 nitrogen and oxygen atoms in total. The molecule has 2 rings (SSSR count). The molecule has 76 valence electrons. The van der Waals surface area contributed by atoms with Crippen molar-refractivity contribution in [3.05, 3.63) is 18.2 Å². The van der Waals surface area contributed by atoms with Crippen LogP contribution in [0.5, 0.6) is 0 Å². The van der Waals surface area contributed by atoms with E-state index in [2.05, 4.69) is 22.5 Å². The lowest BCUT2D eigenvalue weighted by Crippen LogP contribution is -2.34. The average Bonchev–Trinajstić information content (AvgIpc) is 2.16. The van der Waals surface area contributed by atoms with Crippen molar-refractivity contribution in [2.75, 3.05) is 17.7 Å². The van der Waals surface area contributed by atoms with Crippen LogP contribution in [0.3, 0.4) is 0 Å². The molecule has 1 aliphatic rings. The zero-order valence-corrected chi connectivity index (χ0v) is 8.75. The van der Waals surface area contributed by atoms with Gasteiger partial charge in [-0.3, -0.25) is 0 Å². The number of hydrogen-bond acceptors (Lipinski definition) is 3. The second-order valence-electron chi connectivity index (χ2n) is 4.08. The Labute approximate surface area is 84.9 Å². The summed E-state index contributed by atoms with van der Waals surface area (Å²) >= 11 is 0. The van der Waals surface area contributed by atoms with E-state index in [1.54, 1.807) is 0 Å². The zero-order valence-electron chi connectivity index (χ0n) is 8.75. The van der Waals surface area contributed by atoms with Crippen LogP contribution in [0.25, 0.3) is 0 Å². The lowest BCUT2D eigenvalue weighted by molar-refractivity contribution is 0.308. The number of nitrogens with one attached hydrogen (secondary N) is 2. The molecule has 0 amide bonds. The minimum Gasteiger partial charge on any atom is -0.373 e. The molecular formula is C11H17N3. The van der Waals surface area contributed by atoms with E-state index in [1.165, 1.54) is 12.8 Å². The Morgan fingerprint density at radius 1 is 1.29 bits per heavy atom. The van der Waals surface area contributed by atoms with Crippen molar-refractivity contribution in [3.8, 4) is 0 Å². The monoisotopic (exact) mass is 191 g/mol. The van der Waals surface area contributed by atoms with Crippen molar-refractivity contribution < 1.29 is 0 Å². The van der Waals surface area contributed by atoms with Crippen LogP contribution in [-0.2, 0) is 0 Å². The maximum Gasteiger partial charge on any atom is 0.128 e. The molecule has 1 aromatic rings. The highest BCUT2D eigenvalue weighted by Crippen LogP contribution is 2.28. The van der Waals surface area contributed by atoms with Gasteiger partial charge in [-0.1, -0.05) is 13.0 Å². The van der Waals surface area contributed by atoms with Crippen molar-refractivity contribution in [2.24, 2.45) is 5.92 Å². The molecule has 0 unspecified atom stereocenters. The van der Waals surface area contributed by atoms with Gasteiger partial charge in [0.2, 0.25) is 0 Å². The van der Waals surface area contributed by atoms with Crippen LogP contribution in [0.15, 0.2) is 18.2 Å². The Hall–Kier alpha value is -1.25. The quantitative estimate of drug-likeness (QED) is 0.770. The predicted octanol–water partition coefficient (Wildman–Crippen LogP) is 2.33. The molecule has 1 saturated carbocycles. The molecule has 3 heteroatoms. The molecule has 0 saturated heterocycles. The molecule has 0 bridgehead atoms. The van der Waals surface area contributed by atoms with Crippen LogP contribution in [0.4, 0.5) is 11.6 Å². The molecule has 0 aromatic carbocycles. The summed E-state index contributed by atoms with van der Waals surface area (Å²) in [6, 6.07) is 6.63. The third-order valence-corrected chi connectivity index (χ3v) is 2.73. The van der Waals surface area contributed by atoms with E-state index in [4.69, 9.17) is 0 Å². The normalized spacial score (nSPS) is 25.3. The van der Waals surface area contributed by atoms with Crippen molar-refractivity contribution >= 4 is 11.6 Å². The van der Waals surface area contributed by atoms with E-state index in [9.17, 15) is 0 Å². The van der Waals surface area contributed by atoms with Gasteiger partial charge in [-0.25, -0.2) is 4.98 Å². The first-order valence-electron chi connectivity index (χ1n) is 5.19. The highest BCUT2D eigenvalue weighted by Gasteiger charge is 2.25. The zero-order chi connectivity index (χ0) is 9.97. The Kier molecular flexibility index (Phi) is 2.57. The SMILES string of the molecule is CNc1cccc(NC2CC(C)C2)n1. The molecule has 0 spiro atoms. The number of nitrogens with zero attached hydrogens (tertiary/aromatic N) is 1. The predicted molar refractivity (Wildman–Crippen MR) is 59.6 cm³/mol. The third kappa shape index (κ3) is 1.97. The summed E-state index contributed by atoms with van der Waals surface area (Å²) in [7, 11) is 1.89. The standard InChI is InChI=1S/C11H17N3/c1-8-6-9(7-8)13-11-5-3-4-10(12-2)14-11/h3-5,8-9H,6-7H2,1-2H3,(H2,12,13,14). The average molecular weight is 191 g/mol. The molecule has 14 heavy (non-hydrogen) atoms. The van der Waals surface area contributed by atoms with Crippen LogP contribution >= 0.6 is 0 Å². The number of pyridine rings is 1. The van der Waals surface area contributed by atoms with Gasteiger partial charge < -0.3 is 10.6 Å². The first-order valence-corrected chi connectivity index (χ1v) is 5.19. The molecule has 0 atom stereocenters. The van der Waals surface area contributed by atoms with E-state index < -0.39 is 0 Å². The maximum atomic E-state index is 4.42. The summed E-state index contributed by atoms with van der Waals surface area (Å²) in [5, 5.41) is 6.47. The minimum absolute atomic E-state index is 0.629. The summed E-state index contributed by atoms with van der Waals surface area (Å²) in [6.45, 7) is 2.29. The first-order chi connectivity index (χ1) is 6.78. The van der Waals surface area contributed by atoms with E-state index in [-0.39, 0.29) is 0 Å². The Balaban J connectivity index is 1.95. The summed E-state index contributed by atoms with van der Waals surface area (Å²) in [4.78, 5) is 4.42. The summed E-state index contributed by atoms with van der Waals surface area (Å²) in [6.07, 6.45) is 2.54. The van der Waals surface area contributed by atoms with Gasteiger partial charge in [0.15, 0.2) is 0 Å². The number of aromatic nitrogens is 1. The van der Waals surface area contributed by atoms with E-state index >= 15 is 0 Å². The third-order valence-electron chi connectivity index (χ3n) is 2.73. The highest BCUT2D eigenvalue weighted by molar-refractivity contribution is 5.45. The smallest absolute Gasteiger partial charge is 0.128 e. The van der Waals surface area contributed by atoms with E-state index in [0.29, 0.717) is 6.04 Å². The Morgan fingerprint density at radius 3 is 2.64 bits per heavy atom. The van der Waals surface area contributed by atoms with Crippen molar-refractivity contribution in [2.45, 2.75) is 25.8 Å². The van der Waals surface area contributed by atoms with Gasteiger partial charge in [0.05, 0.1) is 0 Å². The van der Waals surface area contributed by atoms with Crippen molar-refractivity contribution in [1.82, 2.24) is 4.98 Å². The van der Waals surface area contributed by atoms with Crippen LogP contribution in [0, 0.1) is 5.92 Å². The summed E-state index contributed by atoms with van der Waals surface area (Å²) in [5.74, 6) is 2.77. The van der Waals surface area contributed by atoms with E-state index in [1.807, 2.05) is 25.2 Å². The summed E-state index contributed by atoms with van der Waals surface area (Å²) in [5.41, 5.74) is 0. The Morgan fingerprint density at radius 2 is 2.00 bits per heavy atom. The molecule has 1 aliphatic carbocycles. The fourth-order valence-corrected chi connectivity index (χ4v) is 1.88. The van der Waals surface area contributed by atoms with Gasteiger partial charge in [0.1, 0.15) is 11.6 Å².